The summed E-state index contributed by atoms with van der Waals surface area (Å²) in [7, 11) is 0. The number of piperidine rings is 1. The van der Waals surface area contributed by atoms with Crippen LogP contribution in [0.5, 0.6) is 0 Å². The van der Waals surface area contributed by atoms with Gasteiger partial charge in [0.25, 0.3) is 5.91 Å². The van der Waals surface area contributed by atoms with Crippen LogP contribution >= 0.6 is 11.6 Å². The Kier molecular flexibility index (Phi) is 4.51. The number of rotatable bonds is 3. The van der Waals surface area contributed by atoms with Crippen molar-refractivity contribution in [1.82, 2.24) is 14.3 Å². The number of carbonyl (C=O) groups is 1. The van der Waals surface area contributed by atoms with Gasteiger partial charge >= 0.3 is 0 Å². The second kappa shape index (κ2) is 6.96. The van der Waals surface area contributed by atoms with Crippen molar-refractivity contribution in [2.24, 2.45) is 0 Å². The molecule has 2 aromatic heterocycles. The number of carbonyl (C=O) groups excluding carboxylic acids is 1. The molecule has 5 nitrogen and oxygen atoms in total. The normalized spacial score (nSPS) is 15.4. The molecular formula is C19H18ClFN4O. The van der Waals surface area contributed by atoms with Crippen molar-refractivity contribution in [3.63, 3.8) is 0 Å². The minimum atomic E-state index is -0.249. The number of imidazole rings is 1. The SMILES string of the molecule is O=C(c1c(Cl)nc2ccccn12)N1CCC(Nc2ccc(F)cc2)CC1. The maximum Gasteiger partial charge on any atom is 0.274 e. The Morgan fingerprint density at radius 2 is 1.88 bits per heavy atom. The minimum Gasteiger partial charge on any atom is -0.382 e. The molecule has 0 unspecified atom stereocenters. The summed E-state index contributed by atoms with van der Waals surface area (Å²) in [6, 6.07) is 12.1. The van der Waals surface area contributed by atoms with Gasteiger partial charge in [0.05, 0.1) is 0 Å². The second-order valence-electron chi connectivity index (χ2n) is 6.40. The molecule has 1 aliphatic heterocycles. The first kappa shape index (κ1) is 16.8. The van der Waals surface area contributed by atoms with Crippen LogP contribution in [-0.4, -0.2) is 39.3 Å². The Morgan fingerprint density at radius 1 is 1.15 bits per heavy atom. The van der Waals surface area contributed by atoms with Crippen LogP contribution in [0.4, 0.5) is 10.1 Å². The van der Waals surface area contributed by atoms with Crippen molar-refractivity contribution in [3.8, 4) is 0 Å². The van der Waals surface area contributed by atoms with Crippen molar-refractivity contribution in [2.75, 3.05) is 18.4 Å². The van der Waals surface area contributed by atoms with E-state index in [0.717, 1.165) is 18.5 Å². The topological polar surface area (TPSA) is 49.6 Å². The summed E-state index contributed by atoms with van der Waals surface area (Å²) in [6.45, 7) is 1.27. The Balaban J connectivity index is 1.43. The van der Waals surface area contributed by atoms with E-state index >= 15 is 0 Å². The number of hydrogen-bond donors (Lipinski definition) is 1. The molecule has 0 radical (unpaired) electrons. The largest absolute Gasteiger partial charge is 0.382 e. The van der Waals surface area contributed by atoms with Gasteiger partial charge in [-0.3, -0.25) is 9.20 Å². The van der Waals surface area contributed by atoms with Crippen LogP contribution in [0.1, 0.15) is 23.3 Å². The highest BCUT2D eigenvalue weighted by Crippen LogP contribution is 2.23. The number of nitrogens with zero attached hydrogens (tertiary/aromatic N) is 3. The van der Waals surface area contributed by atoms with E-state index in [1.807, 2.05) is 23.1 Å². The fourth-order valence-corrected chi connectivity index (χ4v) is 3.58. The molecule has 0 aliphatic carbocycles. The third-order valence-corrected chi connectivity index (χ3v) is 4.95. The lowest BCUT2D eigenvalue weighted by atomic mass is 10.0. The Labute approximate surface area is 155 Å². The van der Waals surface area contributed by atoms with E-state index in [9.17, 15) is 9.18 Å². The zero-order valence-corrected chi connectivity index (χ0v) is 14.8. The van der Waals surface area contributed by atoms with Gasteiger partial charge in [-0.2, -0.15) is 0 Å². The third kappa shape index (κ3) is 3.24. The van der Waals surface area contributed by atoms with Crippen molar-refractivity contribution < 1.29 is 9.18 Å². The summed E-state index contributed by atoms with van der Waals surface area (Å²) in [5.41, 5.74) is 1.96. The molecule has 1 fully saturated rings. The molecule has 1 aliphatic rings. The van der Waals surface area contributed by atoms with Crippen molar-refractivity contribution >= 4 is 28.8 Å². The highest BCUT2D eigenvalue weighted by atomic mass is 35.5. The van der Waals surface area contributed by atoms with Gasteiger partial charge in [-0.25, -0.2) is 9.37 Å². The van der Waals surface area contributed by atoms with Crippen LogP contribution in [-0.2, 0) is 0 Å². The predicted octanol–water partition coefficient (Wildman–Crippen LogP) is 3.84. The third-order valence-electron chi connectivity index (χ3n) is 4.69. The number of benzene rings is 1. The fraction of sp³-hybridized carbons (Fsp3) is 0.263. The number of halogens is 2. The second-order valence-corrected chi connectivity index (χ2v) is 6.76. The molecule has 0 saturated carbocycles. The molecule has 1 N–H and O–H groups in total. The molecule has 0 atom stereocenters. The van der Waals surface area contributed by atoms with Crippen LogP contribution < -0.4 is 5.32 Å². The van der Waals surface area contributed by atoms with E-state index in [1.54, 1.807) is 22.7 Å². The van der Waals surface area contributed by atoms with Gasteiger partial charge in [0.15, 0.2) is 10.8 Å². The molecule has 0 spiro atoms. The highest BCUT2D eigenvalue weighted by molar-refractivity contribution is 6.32. The number of pyridine rings is 1. The Hall–Kier alpha value is -2.60. The van der Waals surface area contributed by atoms with E-state index in [2.05, 4.69) is 10.3 Å². The summed E-state index contributed by atoms with van der Waals surface area (Å²) >= 11 is 6.21. The van der Waals surface area contributed by atoms with Crippen molar-refractivity contribution in [2.45, 2.75) is 18.9 Å². The standard InChI is InChI=1S/C19H18ClFN4O/c20-18-17(25-10-2-1-3-16(25)23-18)19(26)24-11-8-15(9-12-24)22-14-6-4-13(21)5-7-14/h1-7,10,15,22H,8-9,11-12H2. The molecule has 3 heterocycles. The Bertz CT molecular complexity index is 932. The zero-order chi connectivity index (χ0) is 18.1. The first-order chi connectivity index (χ1) is 12.6. The van der Waals surface area contributed by atoms with Crippen LogP contribution in [0.15, 0.2) is 48.7 Å². The number of likely N-dealkylation sites (tertiary alicyclic amines) is 1. The lowest BCUT2D eigenvalue weighted by Gasteiger charge is -2.32. The molecule has 1 saturated heterocycles. The van der Waals surface area contributed by atoms with Gasteiger partial charge in [0.2, 0.25) is 0 Å². The number of anilines is 1. The van der Waals surface area contributed by atoms with Gasteiger partial charge in [-0.15, -0.1) is 0 Å². The molecule has 3 aromatic rings. The predicted molar refractivity (Wildman–Crippen MR) is 99.2 cm³/mol. The number of fused-ring (bicyclic) bond motifs is 1. The lowest BCUT2D eigenvalue weighted by molar-refractivity contribution is 0.0711. The van der Waals surface area contributed by atoms with Crippen molar-refractivity contribution in [1.29, 1.82) is 0 Å². The molecular weight excluding hydrogens is 355 g/mol. The van der Waals surface area contributed by atoms with E-state index in [4.69, 9.17) is 11.6 Å². The zero-order valence-electron chi connectivity index (χ0n) is 14.0. The molecule has 1 amide bonds. The Morgan fingerprint density at radius 3 is 2.62 bits per heavy atom. The molecule has 4 rings (SSSR count). The van der Waals surface area contributed by atoms with Gasteiger partial charge in [0, 0.05) is 31.0 Å². The molecule has 1 aromatic carbocycles. The van der Waals surface area contributed by atoms with E-state index < -0.39 is 0 Å². The summed E-state index contributed by atoms with van der Waals surface area (Å²) in [5, 5.41) is 3.62. The number of aromatic nitrogens is 2. The van der Waals surface area contributed by atoms with Crippen molar-refractivity contribution in [3.05, 3.63) is 65.3 Å². The lowest BCUT2D eigenvalue weighted by Crippen LogP contribution is -2.42. The minimum absolute atomic E-state index is 0.103. The fourth-order valence-electron chi connectivity index (χ4n) is 3.32. The van der Waals surface area contributed by atoms with Crippen LogP contribution in [0, 0.1) is 5.82 Å². The average molecular weight is 373 g/mol. The number of hydrogen-bond acceptors (Lipinski definition) is 3. The molecule has 7 heteroatoms. The highest BCUT2D eigenvalue weighted by Gasteiger charge is 2.27. The molecule has 0 bridgehead atoms. The quantitative estimate of drug-likeness (QED) is 0.759. The van der Waals surface area contributed by atoms with E-state index in [1.165, 1.54) is 12.1 Å². The number of nitrogens with one attached hydrogen (secondary N) is 1. The summed E-state index contributed by atoms with van der Waals surface area (Å²) in [5.74, 6) is -0.352. The van der Waals surface area contributed by atoms with Gasteiger partial charge in [0.1, 0.15) is 11.5 Å². The molecule has 134 valence electrons. The smallest absolute Gasteiger partial charge is 0.274 e. The maximum absolute atomic E-state index is 13.0. The first-order valence-corrected chi connectivity index (χ1v) is 8.93. The van der Waals surface area contributed by atoms with Gasteiger partial charge in [-0.05, 0) is 49.2 Å². The van der Waals surface area contributed by atoms with Gasteiger partial charge in [-0.1, -0.05) is 17.7 Å². The van der Waals surface area contributed by atoms with E-state index in [-0.39, 0.29) is 22.9 Å². The van der Waals surface area contributed by atoms with E-state index in [0.29, 0.717) is 24.4 Å². The summed E-state index contributed by atoms with van der Waals surface area (Å²) < 4.78 is 14.7. The maximum atomic E-state index is 13.0. The average Bonchev–Trinajstić information content (AvgIpc) is 2.99. The monoisotopic (exact) mass is 372 g/mol. The van der Waals surface area contributed by atoms with Crippen LogP contribution in [0.3, 0.4) is 0 Å². The molecule has 26 heavy (non-hydrogen) atoms. The first-order valence-electron chi connectivity index (χ1n) is 8.56. The van der Waals surface area contributed by atoms with Crippen LogP contribution in [0.2, 0.25) is 5.15 Å². The number of amides is 1. The van der Waals surface area contributed by atoms with Crippen LogP contribution in [0.25, 0.3) is 5.65 Å². The summed E-state index contributed by atoms with van der Waals surface area (Å²) in [6.07, 6.45) is 3.43. The van der Waals surface area contributed by atoms with Gasteiger partial charge < -0.3 is 10.2 Å². The summed E-state index contributed by atoms with van der Waals surface area (Å²) in [4.78, 5) is 19.0.